The zero-order valence-corrected chi connectivity index (χ0v) is 10.4. The molecular formula is C12H13ClN2O3. The van der Waals surface area contributed by atoms with Gasteiger partial charge >= 0.3 is 5.97 Å². The number of carbonyl (C=O) groups excluding carboxylic acids is 1. The molecule has 0 saturated carbocycles. The molecule has 1 aromatic heterocycles. The van der Waals surface area contributed by atoms with Crippen LogP contribution in [0.5, 0.6) is 0 Å². The smallest absolute Gasteiger partial charge is 0.308 e. The van der Waals surface area contributed by atoms with Crippen LogP contribution in [-0.2, 0) is 4.79 Å². The summed E-state index contributed by atoms with van der Waals surface area (Å²) >= 11 is 5.86. The Morgan fingerprint density at radius 3 is 2.94 bits per heavy atom. The van der Waals surface area contributed by atoms with Crippen molar-refractivity contribution in [2.75, 3.05) is 13.1 Å². The lowest BCUT2D eigenvalue weighted by molar-refractivity contribution is -0.143. The molecule has 1 fully saturated rings. The number of aromatic nitrogens is 1. The molecule has 0 bridgehead atoms. The van der Waals surface area contributed by atoms with Crippen LogP contribution in [0.1, 0.15) is 23.2 Å². The molecule has 1 N–H and O–H groups in total. The maximum Gasteiger partial charge on any atom is 0.308 e. The van der Waals surface area contributed by atoms with E-state index >= 15 is 0 Å². The highest BCUT2D eigenvalue weighted by Crippen LogP contribution is 2.21. The van der Waals surface area contributed by atoms with Crippen molar-refractivity contribution in [1.82, 2.24) is 9.88 Å². The average molecular weight is 269 g/mol. The van der Waals surface area contributed by atoms with Gasteiger partial charge < -0.3 is 10.0 Å². The summed E-state index contributed by atoms with van der Waals surface area (Å²) in [6, 6.07) is 3.24. The Morgan fingerprint density at radius 1 is 1.50 bits per heavy atom. The van der Waals surface area contributed by atoms with Crippen LogP contribution in [0.15, 0.2) is 18.3 Å². The SMILES string of the molecule is O=C(O)[C@@H]1CCCN(C(=O)c2cccnc2Cl)C1. The maximum atomic E-state index is 12.2. The number of likely N-dealkylation sites (tertiary alicyclic amines) is 1. The first kappa shape index (κ1) is 12.8. The molecule has 6 heteroatoms. The summed E-state index contributed by atoms with van der Waals surface area (Å²) in [5, 5.41) is 9.14. The van der Waals surface area contributed by atoms with E-state index in [1.807, 2.05) is 0 Å². The number of carbonyl (C=O) groups is 2. The van der Waals surface area contributed by atoms with E-state index in [-0.39, 0.29) is 17.6 Å². The molecular weight excluding hydrogens is 256 g/mol. The van der Waals surface area contributed by atoms with Gasteiger partial charge in [0.15, 0.2) is 0 Å². The number of hydrogen-bond acceptors (Lipinski definition) is 3. The Morgan fingerprint density at radius 2 is 2.28 bits per heavy atom. The van der Waals surface area contributed by atoms with Crippen molar-refractivity contribution in [3.8, 4) is 0 Å². The third-order valence-corrected chi connectivity index (χ3v) is 3.35. The number of carboxylic acid groups (broad SMARTS) is 1. The van der Waals surface area contributed by atoms with Crippen molar-refractivity contribution in [3.05, 3.63) is 29.0 Å². The second-order valence-corrected chi connectivity index (χ2v) is 4.63. The largest absolute Gasteiger partial charge is 0.481 e. The Hall–Kier alpha value is -1.62. The number of carboxylic acids is 1. The minimum absolute atomic E-state index is 0.153. The average Bonchev–Trinajstić information content (AvgIpc) is 2.38. The molecule has 1 aliphatic heterocycles. The van der Waals surface area contributed by atoms with Gasteiger partial charge in [0.05, 0.1) is 11.5 Å². The normalized spacial score (nSPS) is 19.6. The van der Waals surface area contributed by atoms with Gasteiger partial charge in [-0.2, -0.15) is 0 Å². The van der Waals surface area contributed by atoms with E-state index in [0.717, 1.165) is 0 Å². The number of amides is 1. The summed E-state index contributed by atoms with van der Waals surface area (Å²) in [5.41, 5.74) is 0.324. The summed E-state index contributed by atoms with van der Waals surface area (Å²) in [6.45, 7) is 0.799. The summed E-state index contributed by atoms with van der Waals surface area (Å²) in [6.07, 6.45) is 2.82. The van der Waals surface area contributed by atoms with Gasteiger partial charge in [-0.1, -0.05) is 11.6 Å². The Balaban J connectivity index is 2.14. The Labute approximate surface area is 109 Å². The molecule has 2 rings (SSSR count). The van der Waals surface area contributed by atoms with Gasteiger partial charge in [0, 0.05) is 19.3 Å². The molecule has 5 nitrogen and oxygen atoms in total. The molecule has 0 unspecified atom stereocenters. The fourth-order valence-corrected chi connectivity index (χ4v) is 2.28. The molecule has 0 spiro atoms. The van der Waals surface area contributed by atoms with Crippen LogP contribution in [0.2, 0.25) is 5.15 Å². The summed E-state index contributed by atoms with van der Waals surface area (Å²) in [4.78, 5) is 28.5. The first-order valence-electron chi connectivity index (χ1n) is 5.72. The van der Waals surface area contributed by atoms with Crippen molar-refractivity contribution in [1.29, 1.82) is 0 Å². The fraction of sp³-hybridized carbons (Fsp3) is 0.417. The minimum atomic E-state index is -0.857. The van der Waals surface area contributed by atoms with E-state index in [2.05, 4.69) is 4.98 Å². The lowest BCUT2D eigenvalue weighted by Gasteiger charge is -2.30. The van der Waals surface area contributed by atoms with Gasteiger partial charge in [-0.25, -0.2) is 4.98 Å². The van der Waals surface area contributed by atoms with Crippen molar-refractivity contribution < 1.29 is 14.7 Å². The van der Waals surface area contributed by atoms with Crippen molar-refractivity contribution >= 4 is 23.5 Å². The second kappa shape index (κ2) is 5.35. The van der Waals surface area contributed by atoms with E-state index in [1.54, 1.807) is 12.1 Å². The second-order valence-electron chi connectivity index (χ2n) is 4.27. The predicted molar refractivity (Wildman–Crippen MR) is 65.5 cm³/mol. The minimum Gasteiger partial charge on any atom is -0.481 e. The van der Waals surface area contributed by atoms with Crippen LogP contribution in [-0.4, -0.2) is 40.0 Å². The van der Waals surface area contributed by atoms with Crippen LogP contribution in [0.25, 0.3) is 0 Å². The van der Waals surface area contributed by atoms with Gasteiger partial charge in [0.1, 0.15) is 5.15 Å². The molecule has 18 heavy (non-hydrogen) atoms. The lowest BCUT2D eigenvalue weighted by Crippen LogP contribution is -2.42. The zero-order chi connectivity index (χ0) is 13.1. The van der Waals surface area contributed by atoms with Gasteiger partial charge in [-0.15, -0.1) is 0 Å². The molecule has 0 aliphatic carbocycles. The van der Waals surface area contributed by atoms with E-state index in [4.69, 9.17) is 16.7 Å². The number of rotatable bonds is 2. The highest BCUT2D eigenvalue weighted by Gasteiger charge is 2.29. The maximum absolute atomic E-state index is 12.2. The van der Waals surface area contributed by atoms with Crippen molar-refractivity contribution in [2.45, 2.75) is 12.8 Å². The summed E-state index contributed by atoms with van der Waals surface area (Å²) in [5.74, 6) is -1.60. The first-order valence-corrected chi connectivity index (χ1v) is 6.10. The van der Waals surface area contributed by atoms with E-state index in [1.165, 1.54) is 11.1 Å². The van der Waals surface area contributed by atoms with Gasteiger partial charge in [-0.3, -0.25) is 9.59 Å². The van der Waals surface area contributed by atoms with Crippen LogP contribution in [0, 0.1) is 5.92 Å². The van der Waals surface area contributed by atoms with Gasteiger partial charge in [0.2, 0.25) is 0 Å². The predicted octanol–water partition coefficient (Wildman–Crippen LogP) is 1.67. The number of nitrogens with zero attached hydrogens (tertiary/aromatic N) is 2. The molecule has 0 aromatic carbocycles. The molecule has 96 valence electrons. The Bertz CT molecular complexity index is 478. The third-order valence-electron chi connectivity index (χ3n) is 3.05. The molecule has 1 aliphatic rings. The first-order chi connectivity index (χ1) is 8.59. The van der Waals surface area contributed by atoms with E-state index < -0.39 is 11.9 Å². The number of piperidine rings is 1. The number of pyridine rings is 1. The van der Waals surface area contributed by atoms with Gasteiger partial charge in [-0.05, 0) is 25.0 Å². The van der Waals surface area contributed by atoms with Gasteiger partial charge in [0.25, 0.3) is 5.91 Å². The number of halogens is 1. The van der Waals surface area contributed by atoms with Crippen LogP contribution >= 0.6 is 11.6 Å². The summed E-state index contributed by atoms with van der Waals surface area (Å²) in [7, 11) is 0. The standard InChI is InChI=1S/C12H13ClN2O3/c13-10-9(4-1-5-14-10)11(16)15-6-2-3-8(7-15)12(17)18/h1,4-5,8H,2-3,6-7H2,(H,17,18)/t8-/m1/s1. The van der Waals surface area contributed by atoms with Crippen molar-refractivity contribution in [3.63, 3.8) is 0 Å². The number of hydrogen-bond donors (Lipinski definition) is 1. The highest BCUT2D eigenvalue weighted by atomic mass is 35.5. The van der Waals surface area contributed by atoms with Crippen LogP contribution < -0.4 is 0 Å². The molecule has 0 radical (unpaired) electrons. The molecule has 1 saturated heterocycles. The summed E-state index contributed by atoms with van der Waals surface area (Å²) < 4.78 is 0. The molecule has 1 atom stereocenters. The van der Waals surface area contributed by atoms with Crippen molar-refractivity contribution in [2.24, 2.45) is 5.92 Å². The van der Waals surface area contributed by atoms with E-state index in [0.29, 0.717) is 24.9 Å². The number of aliphatic carboxylic acids is 1. The quantitative estimate of drug-likeness (QED) is 0.829. The molecule has 2 heterocycles. The lowest BCUT2D eigenvalue weighted by atomic mass is 9.98. The van der Waals surface area contributed by atoms with Crippen LogP contribution in [0.4, 0.5) is 0 Å². The molecule has 1 aromatic rings. The Kier molecular flexibility index (Phi) is 3.81. The monoisotopic (exact) mass is 268 g/mol. The third kappa shape index (κ3) is 2.61. The topological polar surface area (TPSA) is 70.5 Å². The van der Waals surface area contributed by atoms with E-state index in [9.17, 15) is 9.59 Å². The van der Waals surface area contributed by atoms with Crippen LogP contribution in [0.3, 0.4) is 0 Å². The fourth-order valence-electron chi connectivity index (χ4n) is 2.08. The zero-order valence-electron chi connectivity index (χ0n) is 9.67. The highest BCUT2D eigenvalue weighted by molar-refractivity contribution is 6.32. The molecule has 1 amide bonds.